The second-order valence-corrected chi connectivity index (χ2v) is 4.13. The summed E-state index contributed by atoms with van der Waals surface area (Å²) in [5.41, 5.74) is 6.73. The van der Waals surface area contributed by atoms with Crippen LogP contribution in [0.15, 0.2) is 24.3 Å². The minimum Gasteiger partial charge on any atom is -0.496 e. The van der Waals surface area contributed by atoms with Crippen molar-refractivity contribution < 1.29 is 9.53 Å². The maximum Gasteiger partial charge on any atom is 0.236 e. The second-order valence-electron chi connectivity index (χ2n) is 3.69. The fourth-order valence-corrected chi connectivity index (χ4v) is 1.73. The largest absolute Gasteiger partial charge is 0.496 e. The van der Waals surface area contributed by atoms with Gasteiger partial charge in [-0.1, -0.05) is 24.6 Å². The van der Waals surface area contributed by atoms with Gasteiger partial charge in [0.15, 0.2) is 0 Å². The molecular weight excluding hydrogens is 252 g/mol. The summed E-state index contributed by atoms with van der Waals surface area (Å²) in [4.78, 5) is 10.8. The van der Waals surface area contributed by atoms with Crippen molar-refractivity contribution in [1.29, 1.82) is 0 Å². The molecule has 1 aromatic carbocycles. The number of amides is 1. The molecule has 4 nitrogen and oxygen atoms in total. The standard InChI is InChI=1S/C13H17ClN2O2/c1-3-4-11(16-8-13(15)17)10-7-9(14)5-6-12(10)18-2/h4-7,16H,3,8H2,1-2H3,(H2,15,17)/b11-4-. The highest BCUT2D eigenvalue weighted by Crippen LogP contribution is 2.27. The number of rotatable bonds is 6. The van der Waals surface area contributed by atoms with Gasteiger partial charge < -0.3 is 15.8 Å². The Hall–Kier alpha value is -1.68. The number of primary amides is 1. The van der Waals surface area contributed by atoms with Crippen LogP contribution in [0, 0.1) is 0 Å². The van der Waals surface area contributed by atoms with E-state index in [9.17, 15) is 4.79 Å². The number of carbonyl (C=O) groups excluding carboxylic acids is 1. The summed E-state index contributed by atoms with van der Waals surface area (Å²) in [6, 6.07) is 5.32. The molecule has 0 aliphatic rings. The Kier molecular flexibility index (Phi) is 5.52. The number of carbonyl (C=O) groups is 1. The molecule has 0 spiro atoms. The maximum atomic E-state index is 10.8. The van der Waals surface area contributed by atoms with Crippen LogP contribution < -0.4 is 15.8 Å². The van der Waals surface area contributed by atoms with E-state index in [4.69, 9.17) is 22.1 Å². The van der Waals surface area contributed by atoms with Crippen LogP contribution in [-0.2, 0) is 4.79 Å². The number of nitrogens with two attached hydrogens (primary N) is 1. The topological polar surface area (TPSA) is 64.3 Å². The molecule has 0 saturated carbocycles. The van der Waals surface area contributed by atoms with E-state index in [1.165, 1.54) is 0 Å². The monoisotopic (exact) mass is 268 g/mol. The van der Waals surface area contributed by atoms with Gasteiger partial charge in [0.25, 0.3) is 0 Å². The van der Waals surface area contributed by atoms with E-state index in [0.717, 1.165) is 17.7 Å². The molecule has 1 rings (SSSR count). The number of benzene rings is 1. The van der Waals surface area contributed by atoms with Crippen molar-refractivity contribution in [3.63, 3.8) is 0 Å². The molecule has 0 fully saturated rings. The van der Waals surface area contributed by atoms with Gasteiger partial charge in [-0.05, 0) is 24.6 Å². The highest BCUT2D eigenvalue weighted by molar-refractivity contribution is 6.30. The minimum absolute atomic E-state index is 0.0709. The molecule has 0 aromatic heterocycles. The molecule has 0 atom stereocenters. The number of allylic oxidation sites excluding steroid dienone is 1. The number of ether oxygens (including phenoxy) is 1. The highest BCUT2D eigenvalue weighted by Gasteiger charge is 2.09. The van der Waals surface area contributed by atoms with Crippen molar-refractivity contribution in [1.82, 2.24) is 5.32 Å². The summed E-state index contributed by atoms with van der Waals surface area (Å²) in [6.45, 7) is 2.07. The molecule has 1 aromatic rings. The van der Waals surface area contributed by atoms with E-state index in [1.807, 2.05) is 13.0 Å². The molecule has 3 N–H and O–H groups in total. The molecule has 0 saturated heterocycles. The number of methoxy groups -OCH3 is 1. The third-order valence-corrected chi connectivity index (χ3v) is 2.55. The summed E-state index contributed by atoms with van der Waals surface area (Å²) >= 11 is 5.98. The smallest absolute Gasteiger partial charge is 0.236 e. The first-order valence-electron chi connectivity index (χ1n) is 5.64. The lowest BCUT2D eigenvalue weighted by molar-refractivity contribution is -0.117. The van der Waals surface area contributed by atoms with Crippen molar-refractivity contribution in [2.45, 2.75) is 13.3 Å². The van der Waals surface area contributed by atoms with Crippen LogP contribution in [0.25, 0.3) is 5.70 Å². The third-order valence-electron chi connectivity index (χ3n) is 2.31. The van der Waals surface area contributed by atoms with Gasteiger partial charge in [-0.15, -0.1) is 0 Å². The molecule has 0 bridgehead atoms. The first-order chi connectivity index (χ1) is 8.58. The molecule has 5 heteroatoms. The summed E-state index contributed by atoms with van der Waals surface area (Å²) in [5, 5.41) is 3.59. The molecule has 0 unspecified atom stereocenters. The van der Waals surface area contributed by atoms with Crippen LogP contribution in [0.1, 0.15) is 18.9 Å². The van der Waals surface area contributed by atoms with Crippen molar-refractivity contribution in [3.05, 3.63) is 34.9 Å². The predicted octanol–water partition coefficient (Wildman–Crippen LogP) is 2.17. The van der Waals surface area contributed by atoms with Gasteiger partial charge in [-0.2, -0.15) is 0 Å². The lowest BCUT2D eigenvalue weighted by Gasteiger charge is -2.14. The fourth-order valence-electron chi connectivity index (χ4n) is 1.55. The Morgan fingerprint density at radius 1 is 1.56 bits per heavy atom. The molecule has 0 radical (unpaired) electrons. The van der Waals surface area contributed by atoms with Gasteiger partial charge in [-0.25, -0.2) is 0 Å². The summed E-state index contributed by atoms with van der Waals surface area (Å²) in [5.74, 6) is 0.272. The Balaban J connectivity index is 3.08. The van der Waals surface area contributed by atoms with Gasteiger partial charge in [-0.3, -0.25) is 4.79 Å². The van der Waals surface area contributed by atoms with Crippen LogP contribution in [0.5, 0.6) is 5.75 Å². The lowest BCUT2D eigenvalue weighted by Crippen LogP contribution is -2.27. The molecule has 98 valence electrons. The Labute approximate surface area is 112 Å². The highest BCUT2D eigenvalue weighted by atomic mass is 35.5. The summed E-state index contributed by atoms with van der Waals surface area (Å²) in [7, 11) is 1.59. The van der Waals surface area contributed by atoms with Crippen LogP contribution in [-0.4, -0.2) is 19.6 Å². The SMILES string of the molecule is CC/C=C(\NCC(N)=O)c1cc(Cl)ccc1OC. The number of nitrogens with one attached hydrogen (secondary N) is 1. The minimum atomic E-state index is -0.419. The number of hydrogen-bond acceptors (Lipinski definition) is 3. The molecular formula is C13H17ClN2O2. The fraction of sp³-hybridized carbons (Fsp3) is 0.308. The number of hydrogen-bond donors (Lipinski definition) is 2. The van der Waals surface area contributed by atoms with Crippen molar-refractivity contribution in [2.24, 2.45) is 5.73 Å². The van der Waals surface area contributed by atoms with Crippen molar-refractivity contribution in [3.8, 4) is 5.75 Å². The van der Waals surface area contributed by atoms with Gasteiger partial charge in [0.2, 0.25) is 5.91 Å². The summed E-state index contributed by atoms with van der Waals surface area (Å²) < 4.78 is 5.28. The molecule has 1 amide bonds. The average molecular weight is 269 g/mol. The molecule has 0 aliphatic heterocycles. The number of halogens is 1. The second kappa shape index (κ2) is 6.91. The zero-order chi connectivity index (χ0) is 13.5. The van der Waals surface area contributed by atoms with E-state index in [1.54, 1.807) is 25.3 Å². The van der Waals surface area contributed by atoms with Gasteiger partial charge in [0.1, 0.15) is 5.75 Å². The van der Waals surface area contributed by atoms with Gasteiger partial charge >= 0.3 is 0 Å². The van der Waals surface area contributed by atoms with Crippen LogP contribution in [0.2, 0.25) is 5.02 Å². The van der Waals surface area contributed by atoms with E-state index < -0.39 is 5.91 Å². The van der Waals surface area contributed by atoms with E-state index in [2.05, 4.69) is 5.32 Å². The van der Waals surface area contributed by atoms with Crippen LogP contribution >= 0.6 is 11.6 Å². The Morgan fingerprint density at radius 2 is 2.28 bits per heavy atom. The Morgan fingerprint density at radius 3 is 2.83 bits per heavy atom. The summed E-state index contributed by atoms with van der Waals surface area (Å²) in [6.07, 6.45) is 2.77. The predicted molar refractivity (Wildman–Crippen MR) is 73.5 cm³/mol. The average Bonchev–Trinajstić information content (AvgIpc) is 2.34. The van der Waals surface area contributed by atoms with E-state index >= 15 is 0 Å². The van der Waals surface area contributed by atoms with Crippen molar-refractivity contribution in [2.75, 3.05) is 13.7 Å². The van der Waals surface area contributed by atoms with E-state index in [0.29, 0.717) is 10.8 Å². The third kappa shape index (κ3) is 3.96. The van der Waals surface area contributed by atoms with Crippen LogP contribution in [0.3, 0.4) is 0 Å². The molecule has 0 heterocycles. The normalized spacial score (nSPS) is 11.2. The first-order valence-corrected chi connectivity index (χ1v) is 6.02. The lowest BCUT2D eigenvalue weighted by atomic mass is 10.1. The quantitative estimate of drug-likeness (QED) is 0.831. The maximum absolute atomic E-state index is 10.8. The van der Waals surface area contributed by atoms with E-state index in [-0.39, 0.29) is 6.54 Å². The van der Waals surface area contributed by atoms with Gasteiger partial charge in [0.05, 0.1) is 13.7 Å². The zero-order valence-corrected chi connectivity index (χ0v) is 11.3. The first kappa shape index (κ1) is 14.4. The zero-order valence-electron chi connectivity index (χ0n) is 10.5. The molecule has 18 heavy (non-hydrogen) atoms. The van der Waals surface area contributed by atoms with Crippen molar-refractivity contribution >= 4 is 23.2 Å². The molecule has 0 aliphatic carbocycles. The Bertz CT molecular complexity index is 458. The van der Waals surface area contributed by atoms with Gasteiger partial charge in [0, 0.05) is 16.3 Å². The van der Waals surface area contributed by atoms with Crippen LogP contribution in [0.4, 0.5) is 0 Å².